The van der Waals surface area contributed by atoms with E-state index < -0.39 is 0 Å². The average molecular weight is 140 g/mol. The van der Waals surface area contributed by atoms with Crippen molar-refractivity contribution in [2.24, 2.45) is 0 Å². The van der Waals surface area contributed by atoms with Gasteiger partial charge in [-0.15, -0.1) is 0 Å². The summed E-state index contributed by atoms with van der Waals surface area (Å²) in [4.78, 5) is 0. The van der Waals surface area contributed by atoms with Gasteiger partial charge in [0, 0.05) is 0 Å². The molecule has 10 heavy (non-hydrogen) atoms. The second-order valence-corrected chi connectivity index (χ2v) is 2.02. The number of phenolic OH excluding ortho intramolecular Hbond substituents is 1. The number of aromatic hydroxyl groups is 1. The maximum absolute atomic E-state index is 8.85. The number of aryl methyl sites for hydroxylation is 1. The topological polar surface area (TPSA) is 51.7 Å². The van der Waals surface area contributed by atoms with Gasteiger partial charge in [0.1, 0.15) is 5.75 Å². The van der Waals surface area contributed by atoms with E-state index in [1.807, 2.05) is 12.1 Å². The third-order valence-electron chi connectivity index (χ3n) is 1.34. The quantitative estimate of drug-likeness (QED) is 0.624. The van der Waals surface area contributed by atoms with Crippen LogP contribution in [-0.2, 0) is 6.42 Å². The number of phenols is 1. The maximum atomic E-state index is 8.85. The lowest BCUT2D eigenvalue weighted by Crippen LogP contribution is -1.75. The van der Waals surface area contributed by atoms with Crippen molar-refractivity contribution < 1.29 is 10.6 Å². The van der Waals surface area contributed by atoms with Crippen molar-refractivity contribution in [3.05, 3.63) is 29.8 Å². The zero-order valence-corrected chi connectivity index (χ0v) is 5.96. The van der Waals surface area contributed by atoms with Crippen LogP contribution in [0, 0.1) is 0 Å². The molecule has 0 heterocycles. The molecule has 0 saturated heterocycles. The summed E-state index contributed by atoms with van der Waals surface area (Å²) in [6, 6.07) is 7.27. The van der Waals surface area contributed by atoms with Crippen molar-refractivity contribution in [2.45, 2.75) is 13.3 Å². The van der Waals surface area contributed by atoms with Crippen LogP contribution in [-0.4, -0.2) is 10.6 Å². The van der Waals surface area contributed by atoms with Gasteiger partial charge >= 0.3 is 0 Å². The Balaban J connectivity index is 0.000000810. The van der Waals surface area contributed by atoms with E-state index in [1.54, 1.807) is 12.1 Å². The molecule has 0 aliphatic carbocycles. The van der Waals surface area contributed by atoms with Crippen LogP contribution in [0.5, 0.6) is 5.75 Å². The number of hydrogen-bond acceptors (Lipinski definition) is 1. The molecule has 0 fully saturated rings. The summed E-state index contributed by atoms with van der Waals surface area (Å²) >= 11 is 0. The zero-order valence-electron chi connectivity index (χ0n) is 5.96. The Labute approximate surface area is 60.4 Å². The van der Waals surface area contributed by atoms with Gasteiger partial charge in [-0.1, -0.05) is 19.1 Å². The largest absolute Gasteiger partial charge is 0.508 e. The Morgan fingerprint density at radius 3 is 2.10 bits per heavy atom. The second-order valence-electron chi connectivity index (χ2n) is 2.02. The van der Waals surface area contributed by atoms with E-state index in [9.17, 15) is 0 Å². The van der Waals surface area contributed by atoms with Crippen LogP contribution < -0.4 is 0 Å². The normalized spacial score (nSPS) is 8.50. The monoisotopic (exact) mass is 140 g/mol. The fourth-order valence-corrected chi connectivity index (χ4v) is 0.732. The Bertz CT molecular complexity index is 179. The SMILES string of the molecule is CCc1ccc(O)cc1.O. The molecule has 0 saturated carbocycles. The van der Waals surface area contributed by atoms with Gasteiger partial charge in [0.05, 0.1) is 0 Å². The highest BCUT2D eigenvalue weighted by Crippen LogP contribution is 2.09. The van der Waals surface area contributed by atoms with E-state index in [2.05, 4.69) is 6.92 Å². The lowest BCUT2D eigenvalue weighted by atomic mass is 10.2. The zero-order chi connectivity index (χ0) is 6.69. The highest BCUT2D eigenvalue weighted by molar-refractivity contribution is 5.25. The van der Waals surface area contributed by atoms with E-state index in [-0.39, 0.29) is 5.48 Å². The lowest BCUT2D eigenvalue weighted by molar-refractivity contribution is 0.475. The molecular weight excluding hydrogens is 128 g/mol. The van der Waals surface area contributed by atoms with E-state index >= 15 is 0 Å². The third kappa shape index (κ3) is 2.07. The summed E-state index contributed by atoms with van der Waals surface area (Å²) < 4.78 is 0. The molecule has 0 aliphatic heterocycles. The van der Waals surface area contributed by atoms with Gasteiger partial charge in [-0.05, 0) is 24.1 Å². The number of hydrogen-bond donors (Lipinski definition) is 1. The first-order valence-corrected chi connectivity index (χ1v) is 3.11. The molecule has 1 aromatic rings. The van der Waals surface area contributed by atoms with Crippen molar-refractivity contribution in [2.75, 3.05) is 0 Å². The van der Waals surface area contributed by atoms with Gasteiger partial charge in [-0.25, -0.2) is 0 Å². The first-order chi connectivity index (χ1) is 4.33. The van der Waals surface area contributed by atoms with Crippen molar-refractivity contribution in [1.82, 2.24) is 0 Å². The van der Waals surface area contributed by atoms with E-state index in [0.717, 1.165) is 6.42 Å². The van der Waals surface area contributed by atoms with Gasteiger partial charge in [-0.2, -0.15) is 0 Å². The molecule has 0 atom stereocenters. The second kappa shape index (κ2) is 3.90. The molecule has 0 amide bonds. The van der Waals surface area contributed by atoms with Crippen molar-refractivity contribution in [1.29, 1.82) is 0 Å². The van der Waals surface area contributed by atoms with Crippen LogP contribution in [0.3, 0.4) is 0 Å². The Morgan fingerprint density at radius 1 is 1.20 bits per heavy atom. The fourth-order valence-electron chi connectivity index (χ4n) is 0.732. The Kier molecular flexibility index (Phi) is 3.51. The molecule has 0 unspecified atom stereocenters. The maximum Gasteiger partial charge on any atom is 0.115 e. The van der Waals surface area contributed by atoms with Gasteiger partial charge < -0.3 is 10.6 Å². The lowest BCUT2D eigenvalue weighted by Gasteiger charge is -1.93. The molecule has 0 aromatic heterocycles. The molecule has 3 N–H and O–H groups in total. The standard InChI is InChI=1S/C8H10O.H2O/c1-2-7-3-5-8(9)6-4-7;/h3-6,9H,2H2,1H3;1H2. The highest BCUT2D eigenvalue weighted by atomic mass is 16.3. The molecule has 0 radical (unpaired) electrons. The third-order valence-corrected chi connectivity index (χ3v) is 1.34. The minimum absolute atomic E-state index is 0. The molecule has 1 rings (SSSR count). The molecule has 2 nitrogen and oxygen atoms in total. The van der Waals surface area contributed by atoms with E-state index in [0.29, 0.717) is 5.75 Å². The molecule has 1 aromatic carbocycles. The minimum atomic E-state index is 0. The Hall–Kier alpha value is -1.02. The number of rotatable bonds is 1. The molecule has 2 heteroatoms. The van der Waals surface area contributed by atoms with Crippen LogP contribution in [0.15, 0.2) is 24.3 Å². The summed E-state index contributed by atoms with van der Waals surface area (Å²) in [5, 5.41) is 8.85. The molecule has 56 valence electrons. The number of benzene rings is 1. The van der Waals surface area contributed by atoms with Crippen LogP contribution in [0.2, 0.25) is 0 Å². The van der Waals surface area contributed by atoms with Crippen LogP contribution in [0.1, 0.15) is 12.5 Å². The molecular formula is C8H12O2. The van der Waals surface area contributed by atoms with E-state index in [4.69, 9.17) is 5.11 Å². The molecule has 0 aliphatic rings. The predicted octanol–water partition coefficient (Wildman–Crippen LogP) is 1.13. The molecule has 0 bridgehead atoms. The van der Waals surface area contributed by atoms with Gasteiger partial charge in [0.25, 0.3) is 0 Å². The van der Waals surface area contributed by atoms with Gasteiger partial charge in [0.15, 0.2) is 0 Å². The van der Waals surface area contributed by atoms with Crippen molar-refractivity contribution in [3.8, 4) is 5.75 Å². The van der Waals surface area contributed by atoms with Crippen LogP contribution in [0.25, 0.3) is 0 Å². The minimum Gasteiger partial charge on any atom is -0.508 e. The average Bonchev–Trinajstić information content (AvgIpc) is 1.90. The summed E-state index contributed by atoms with van der Waals surface area (Å²) in [5.74, 6) is 0.340. The summed E-state index contributed by atoms with van der Waals surface area (Å²) in [6.45, 7) is 2.09. The first-order valence-electron chi connectivity index (χ1n) is 3.11. The fraction of sp³-hybridized carbons (Fsp3) is 0.250. The Morgan fingerprint density at radius 2 is 1.70 bits per heavy atom. The molecule has 0 spiro atoms. The summed E-state index contributed by atoms with van der Waals surface area (Å²) in [6.07, 6.45) is 1.03. The van der Waals surface area contributed by atoms with E-state index in [1.165, 1.54) is 5.56 Å². The van der Waals surface area contributed by atoms with Gasteiger partial charge in [-0.3, -0.25) is 0 Å². The highest BCUT2D eigenvalue weighted by Gasteiger charge is 1.86. The van der Waals surface area contributed by atoms with Crippen molar-refractivity contribution in [3.63, 3.8) is 0 Å². The smallest absolute Gasteiger partial charge is 0.115 e. The van der Waals surface area contributed by atoms with Crippen LogP contribution in [0.4, 0.5) is 0 Å². The summed E-state index contributed by atoms with van der Waals surface area (Å²) in [7, 11) is 0. The van der Waals surface area contributed by atoms with Gasteiger partial charge in [0.2, 0.25) is 0 Å². The van der Waals surface area contributed by atoms with Crippen molar-refractivity contribution >= 4 is 0 Å². The predicted molar refractivity (Wildman–Crippen MR) is 41.1 cm³/mol. The summed E-state index contributed by atoms with van der Waals surface area (Å²) in [5.41, 5.74) is 1.26. The first kappa shape index (κ1) is 8.98. The van der Waals surface area contributed by atoms with Crippen LogP contribution >= 0.6 is 0 Å².